The Morgan fingerprint density at radius 3 is 2.50 bits per heavy atom. The van der Waals surface area contributed by atoms with Crippen LogP contribution in [0.4, 0.5) is 24.5 Å². The number of carbonyl (C=O) groups is 1. The third-order valence-electron chi connectivity index (χ3n) is 4.63. The predicted octanol–water partition coefficient (Wildman–Crippen LogP) is 4.23. The standard InChI is InChI=1S/C18H12ClF3N2O2/c19-11-2-4-12(5-3-11)24-8-7-17(26)15(25)13-9-10(18(20,21)22)1-6-14(13)23-16(17)24/h1-6,9,26H,7-8H2. The highest BCUT2D eigenvalue weighted by atomic mass is 35.5. The van der Waals surface area contributed by atoms with Gasteiger partial charge >= 0.3 is 6.18 Å². The molecule has 4 rings (SSSR count). The van der Waals surface area contributed by atoms with Crippen molar-refractivity contribution in [1.29, 1.82) is 0 Å². The van der Waals surface area contributed by atoms with Crippen LogP contribution in [0.1, 0.15) is 22.3 Å². The molecule has 2 aromatic rings. The maximum Gasteiger partial charge on any atom is 0.416 e. The van der Waals surface area contributed by atoms with Gasteiger partial charge in [0.1, 0.15) is 5.84 Å². The van der Waals surface area contributed by atoms with Gasteiger partial charge in [-0.1, -0.05) is 11.6 Å². The van der Waals surface area contributed by atoms with Crippen LogP contribution in [-0.2, 0) is 6.18 Å². The Labute approximate surface area is 151 Å². The summed E-state index contributed by atoms with van der Waals surface area (Å²) in [6.45, 7) is 0.308. The molecule has 4 nitrogen and oxygen atoms in total. The number of hydrogen-bond donors (Lipinski definition) is 1. The third kappa shape index (κ3) is 2.50. The second-order valence-electron chi connectivity index (χ2n) is 6.23. The first-order valence-corrected chi connectivity index (χ1v) is 8.19. The topological polar surface area (TPSA) is 52.9 Å². The van der Waals surface area contributed by atoms with Gasteiger partial charge in [-0.25, -0.2) is 4.99 Å². The summed E-state index contributed by atoms with van der Waals surface area (Å²) in [7, 11) is 0. The lowest BCUT2D eigenvalue weighted by Crippen LogP contribution is -2.48. The van der Waals surface area contributed by atoms with Crippen LogP contribution in [0.15, 0.2) is 47.5 Å². The fraction of sp³-hybridized carbons (Fsp3) is 0.222. The van der Waals surface area contributed by atoms with Crippen molar-refractivity contribution in [3.63, 3.8) is 0 Å². The summed E-state index contributed by atoms with van der Waals surface area (Å²) in [4.78, 5) is 18.8. The van der Waals surface area contributed by atoms with Gasteiger partial charge < -0.3 is 10.0 Å². The van der Waals surface area contributed by atoms with Gasteiger partial charge in [-0.2, -0.15) is 13.2 Å². The van der Waals surface area contributed by atoms with Crippen molar-refractivity contribution >= 4 is 34.6 Å². The van der Waals surface area contributed by atoms with E-state index in [9.17, 15) is 23.1 Å². The average Bonchev–Trinajstić information content (AvgIpc) is 2.93. The minimum absolute atomic E-state index is 0.0446. The molecule has 0 radical (unpaired) electrons. The lowest BCUT2D eigenvalue weighted by Gasteiger charge is -2.30. The normalized spacial score (nSPS) is 22.1. The maximum atomic E-state index is 12.9. The quantitative estimate of drug-likeness (QED) is 0.805. The lowest BCUT2D eigenvalue weighted by atomic mass is 9.87. The Balaban J connectivity index is 1.82. The number of ketones is 1. The number of aliphatic hydroxyl groups is 1. The van der Waals surface area contributed by atoms with Gasteiger partial charge in [0, 0.05) is 29.2 Å². The van der Waals surface area contributed by atoms with Gasteiger partial charge in [-0.05, 0) is 42.5 Å². The number of nitrogens with zero attached hydrogens (tertiary/aromatic N) is 2. The molecule has 2 aliphatic rings. The number of fused-ring (bicyclic) bond motifs is 2. The zero-order valence-corrected chi connectivity index (χ0v) is 14.0. The molecule has 1 unspecified atom stereocenters. The summed E-state index contributed by atoms with van der Waals surface area (Å²) >= 11 is 5.88. The van der Waals surface area contributed by atoms with Crippen LogP contribution in [0.5, 0.6) is 0 Å². The highest BCUT2D eigenvalue weighted by Crippen LogP contribution is 2.41. The van der Waals surface area contributed by atoms with Crippen LogP contribution in [0.3, 0.4) is 0 Å². The first-order chi connectivity index (χ1) is 12.2. The number of hydrogen-bond acceptors (Lipinski definition) is 4. The van der Waals surface area contributed by atoms with Gasteiger partial charge in [0.25, 0.3) is 0 Å². The molecule has 8 heteroatoms. The number of carbonyl (C=O) groups excluding carboxylic acids is 1. The highest BCUT2D eigenvalue weighted by molar-refractivity contribution is 6.31. The predicted molar refractivity (Wildman–Crippen MR) is 91.2 cm³/mol. The zero-order valence-electron chi connectivity index (χ0n) is 13.2. The van der Waals surface area contributed by atoms with Crippen LogP contribution in [-0.4, -0.2) is 28.9 Å². The summed E-state index contributed by atoms with van der Waals surface area (Å²) in [5.74, 6) is -0.642. The molecular weight excluding hydrogens is 369 g/mol. The van der Waals surface area contributed by atoms with Gasteiger partial charge in [0.2, 0.25) is 5.78 Å². The molecule has 134 valence electrons. The monoisotopic (exact) mass is 380 g/mol. The highest BCUT2D eigenvalue weighted by Gasteiger charge is 2.52. The van der Waals surface area contributed by atoms with E-state index in [0.717, 1.165) is 18.2 Å². The molecule has 1 N–H and O–H groups in total. The number of Topliss-reactive ketones (excluding diaryl/α,β-unsaturated/α-hetero) is 1. The molecule has 26 heavy (non-hydrogen) atoms. The van der Waals surface area contributed by atoms with Gasteiger partial charge in [-0.15, -0.1) is 0 Å². The van der Waals surface area contributed by atoms with Gasteiger partial charge in [0.15, 0.2) is 5.60 Å². The van der Waals surface area contributed by atoms with E-state index in [2.05, 4.69) is 4.99 Å². The Morgan fingerprint density at radius 1 is 1.15 bits per heavy atom. The minimum atomic E-state index is -4.58. The summed E-state index contributed by atoms with van der Waals surface area (Å²) in [6.07, 6.45) is -4.53. The van der Waals surface area contributed by atoms with Crippen molar-refractivity contribution in [2.45, 2.75) is 18.2 Å². The molecule has 0 spiro atoms. The summed E-state index contributed by atoms with van der Waals surface area (Å²) in [6, 6.07) is 9.57. The smallest absolute Gasteiger partial charge is 0.374 e. The number of aliphatic imine (C=N–C) groups is 1. The first-order valence-electron chi connectivity index (χ1n) is 7.81. The Bertz CT molecular complexity index is 940. The summed E-state index contributed by atoms with van der Waals surface area (Å²) in [5, 5.41) is 11.4. The second-order valence-corrected chi connectivity index (χ2v) is 6.67. The third-order valence-corrected chi connectivity index (χ3v) is 4.88. The zero-order chi connectivity index (χ0) is 18.7. The molecule has 1 saturated heterocycles. The molecule has 1 atom stereocenters. The average molecular weight is 381 g/mol. The van der Waals surface area contributed by atoms with Gasteiger partial charge in [0.05, 0.1) is 11.3 Å². The Hall–Kier alpha value is -2.38. The van der Waals surface area contributed by atoms with Crippen molar-refractivity contribution in [3.8, 4) is 0 Å². The van der Waals surface area contributed by atoms with E-state index in [1.54, 1.807) is 29.2 Å². The Kier molecular flexibility index (Phi) is 3.65. The second kappa shape index (κ2) is 5.56. The van der Waals surface area contributed by atoms with Gasteiger partial charge in [-0.3, -0.25) is 4.79 Å². The fourth-order valence-corrected chi connectivity index (χ4v) is 3.41. The van der Waals surface area contributed by atoms with Crippen molar-refractivity contribution in [1.82, 2.24) is 0 Å². The van der Waals surface area contributed by atoms with Crippen LogP contribution >= 0.6 is 11.6 Å². The molecule has 0 aromatic heterocycles. The van der Waals surface area contributed by atoms with Crippen LogP contribution in [0.25, 0.3) is 0 Å². The van der Waals surface area contributed by atoms with E-state index in [1.807, 2.05) is 0 Å². The number of benzene rings is 2. The Morgan fingerprint density at radius 2 is 1.85 bits per heavy atom. The fourth-order valence-electron chi connectivity index (χ4n) is 3.28. The van der Waals surface area contributed by atoms with E-state index in [4.69, 9.17) is 11.6 Å². The van der Waals surface area contributed by atoms with Crippen LogP contribution in [0.2, 0.25) is 5.02 Å². The van der Waals surface area contributed by atoms with E-state index >= 15 is 0 Å². The first kappa shape index (κ1) is 17.1. The SMILES string of the molecule is O=C1c2cc(C(F)(F)F)ccc2N=C2N(c3ccc(Cl)cc3)CCC12O. The van der Waals surface area contributed by atoms with Crippen molar-refractivity contribution in [3.05, 3.63) is 58.6 Å². The van der Waals surface area contributed by atoms with E-state index in [0.29, 0.717) is 17.3 Å². The number of anilines is 1. The molecule has 0 aliphatic carbocycles. The van der Waals surface area contributed by atoms with E-state index in [1.165, 1.54) is 0 Å². The minimum Gasteiger partial charge on any atom is -0.374 e. The molecule has 1 fully saturated rings. The molecule has 2 aromatic carbocycles. The molecule has 0 bridgehead atoms. The van der Waals surface area contributed by atoms with Crippen molar-refractivity contribution in [2.24, 2.45) is 4.99 Å². The molecule has 2 heterocycles. The molecule has 0 amide bonds. The summed E-state index contributed by atoms with van der Waals surface area (Å²) < 4.78 is 38.8. The number of rotatable bonds is 1. The van der Waals surface area contributed by atoms with E-state index in [-0.39, 0.29) is 23.5 Å². The lowest BCUT2D eigenvalue weighted by molar-refractivity contribution is -0.137. The number of alkyl halides is 3. The van der Waals surface area contributed by atoms with E-state index < -0.39 is 23.1 Å². The van der Waals surface area contributed by atoms with Crippen molar-refractivity contribution < 1.29 is 23.1 Å². The molecular formula is C18H12ClF3N2O2. The summed E-state index contributed by atoms with van der Waals surface area (Å²) in [5.41, 5.74) is -2.30. The largest absolute Gasteiger partial charge is 0.416 e. The number of halogens is 4. The number of amidine groups is 1. The maximum absolute atomic E-state index is 12.9. The molecule has 0 saturated carbocycles. The van der Waals surface area contributed by atoms with Crippen LogP contribution in [0, 0.1) is 0 Å². The molecule has 2 aliphatic heterocycles. The van der Waals surface area contributed by atoms with Crippen molar-refractivity contribution in [2.75, 3.05) is 11.4 Å². The van der Waals surface area contributed by atoms with Crippen LogP contribution < -0.4 is 4.90 Å².